The maximum atomic E-state index is 13.0. The highest BCUT2D eigenvalue weighted by Gasteiger charge is 2.43. The van der Waals surface area contributed by atoms with E-state index in [1.54, 1.807) is 13.8 Å². The molecule has 2 saturated heterocycles. The molecule has 3 heterocycles. The van der Waals surface area contributed by atoms with Gasteiger partial charge in [0.2, 0.25) is 0 Å². The van der Waals surface area contributed by atoms with E-state index in [2.05, 4.69) is 15.1 Å². The molecule has 0 radical (unpaired) electrons. The highest BCUT2D eigenvalue weighted by Crippen LogP contribution is 2.38. The van der Waals surface area contributed by atoms with E-state index in [1.165, 1.54) is 0 Å². The van der Waals surface area contributed by atoms with Crippen LogP contribution in [0.25, 0.3) is 0 Å². The minimum absolute atomic E-state index is 0.0710. The van der Waals surface area contributed by atoms with Crippen molar-refractivity contribution in [2.45, 2.75) is 62.6 Å². The van der Waals surface area contributed by atoms with Crippen LogP contribution >= 0.6 is 0 Å². The topological polar surface area (TPSA) is 75.3 Å². The maximum Gasteiger partial charge on any atom is 0.195 e. The van der Waals surface area contributed by atoms with E-state index < -0.39 is 9.84 Å². The number of hydrogen-bond acceptors (Lipinski definition) is 5. The number of aromatic nitrogens is 2. The van der Waals surface area contributed by atoms with Crippen LogP contribution in [0.2, 0.25) is 0 Å². The Morgan fingerprint density at radius 3 is 2.38 bits per heavy atom. The first kappa shape index (κ1) is 17.5. The standard InChI is InChI=1S/C19H25N3O3S/c1-13-19(14(2)21-20-13)26(23,24)12-22-15-8-9-16(22)11-18(10-15)25-17-6-4-3-5-7-17/h3-7,15-16,18H,8-12H2,1-2H3,(H,20,21)/t15-,16+,18-. The van der Waals surface area contributed by atoms with Crippen molar-refractivity contribution < 1.29 is 13.2 Å². The van der Waals surface area contributed by atoms with Crippen molar-refractivity contribution in [3.05, 3.63) is 41.7 Å². The van der Waals surface area contributed by atoms with Gasteiger partial charge in [-0.1, -0.05) is 18.2 Å². The molecule has 0 unspecified atom stereocenters. The van der Waals surface area contributed by atoms with Crippen molar-refractivity contribution in [2.24, 2.45) is 0 Å². The molecule has 0 aliphatic carbocycles. The summed E-state index contributed by atoms with van der Waals surface area (Å²) in [7, 11) is -3.39. The molecule has 4 rings (SSSR count). The molecular formula is C19H25N3O3S. The Morgan fingerprint density at radius 2 is 1.81 bits per heavy atom. The van der Waals surface area contributed by atoms with Crippen molar-refractivity contribution in [1.29, 1.82) is 0 Å². The Balaban J connectivity index is 1.47. The Morgan fingerprint density at radius 1 is 1.15 bits per heavy atom. The lowest BCUT2D eigenvalue weighted by molar-refractivity contribution is 0.0609. The fourth-order valence-corrected chi connectivity index (χ4v) is 6.43. The predicted molar refractivity (Wildman–Crippen MR) is 98.9 cm³/mol. The van der Waals surface area contributed by atoms with Gasteiger partial charge in [-0.05, 0) is 51.7 Å². The van der Waals surface area contributed by atoms with Crippen LogP contribution in [0.15, 0.2) is 35.2 Å². The summed E-state index contributed by atoms with van der Waals surface area (Å²) in [6, 6.07) is 10.4. The minimum atomic E-state index is -3.39. The van der Waals surface area contributed by atoms with E-state index in [4.69, 9.17) is 4.74 Å². The van der Waals surface area contributed by atoms with Crippen LogP contribution in [-0.2, 0) is 9.84 Å². The SMILES string of the molecule is Cc1n[nH]c(C)c1S(=O)(=O)CN1[C@@H]2CC[C@H]1C[C@H](Oc1ccccc1)C2. The van der Waals surface area contributed by atoms with Crippen LogP contribution in [0.1, 0.15) is 37.1 Å². The fourth-order valence-electron chi connectivity index (χ4n) is 4.48. The minimum Gasteiger partial charge on any atom is -0.490 e. The second-order valence-corrected chi connectivity index (χ2v) is 9.33. The summed E-state index contributed by atoms with van der Waals surface area (Å²) in [4.78, 5) is 2.53. The number of aromatic amines is 1. The molecule has 2 aliphatic heterocycles. The third-order valence-electron chi connectivity index (χ3n) is 5.58. The first-order chi connectivity index (χ1) is 12.4. The number of hydrogen-bond donors (Lipinski definition) is 1. The molecule has 2 aromatic rings. The fraction of sp³-hybridized carbons (Fsp3) is 0.526. The summed E-state index contributed by atoms with van der Waals surface area (Å²) >= 11 is 0. The second kappa shape index (κ2) is 6.70. The Kier molecular flexibility index (Phi) is 4.52. The van der Waals surface area contributed by atoms with Crippen LogP contribution in [0.4, 0.5) is 0 Å². The van der Waals surface area contributed by atoms with Crippen molar-refractivity contribution in [3.63, 3.8) is 0 Å². The summed E-state index contributed by atoms with van der Waals surface area (Å²) in [6.45, 7) is 3.51. The van der Waals surface area contributed by atoms with Crippen LogP contribution < -0.4 is 4.74 Å². The zero-order valence-corrected chi connectivity index (χ0v) is 16.0. The normalized spacial score (nSPS) is 26.2. The van der Waals surface area contributed by atoms with Gasteiger partial charge in [-0.3, -0.25) is 10.00 Å². The largest absolute Gasteiger partial charge is 0.490 e. The summed E-state index contributed by atoms with van der Waals surface area (Å²) < 4.78 is 32.1. The molecule has 26 heavy (non-hydrogen) atoms. The molecule has 0 saturated carbocycles. The molecule has 0 spiro atoms. The van der Waals surface area contributed by atoms with Gasteiger partial charge < -0.3 is 4.74 Å². The molecule has 0 amide bonds. The lowest BCUT2D eigenvalue weighted by Crippen LogP contribution is -2.48. The van der Waals surface area contributed by atoms with Gasteiger partial charge in [-0.2, -0.15) is 5.10 Å². The molecule has 7 heteroatoms. The summed E-state index contributed by atoms with van der Waals surface area (Å²) in [6.07, 6.45) is 4.00. The lowest BCUT2D eigenvalue weighted by atomic mass is 10.0. The number of benzene rings is 1. The monoisotopic (exact) mass is 375 g/mol. The summed E-state index contributed by atoms with van der Waals surface area (Å²) in [5, 5.41) is 6.83. The van der Waals surface area contributed by atoms with Crippen LogP contribution in [-0.4, -0.2) is 47.6 Å². The van der Waals surface area contributed by atoms with Crippen molar-refractivity contribution in [1.82, 2.24) is 15.1 Å². The van der Waals surface area contributed by atoms with Crippen LogP contribution in [0, 0.1) is 13.8 Å². The van der Waals surface area contributed by atoms with Gasteiger partial charge >= 0.3 is 0 Å². The average molecular weight is 375 g/mol. The molecule has 2 aliphatic rings. The first-order valence-electron chi connectivity index (χ1n) is 9.16. The van der Waals surface area contributed by atoms with E-state index in [-0.39, 0.29) is 24.1 Å². The number of rotatable bonds is 5. The van der Waals surface area contributed by atoms with Gasteiger partial charge in [0.25, 0.3) is 0 Å². The van der Waals surface area contributed by atoms with Crippen molar-refractivity contribution >= 4 is 9.84 Å². The average Bonchev–Trinajstić information content (AvgIpc) is 3.04. The number of piperidine rings is 1. The van der Waals surface area contributed by atoms with E-state index in [9.17, 15) is 8.42 Å². The number of para-hydroxylation sites is 1. The number of nitrogens with zero attached hydrogens (tertiary/aromatic N) is 2. The Bertz CT molecular complexity index is 845. The Labute approximate surface area is 154 Å². The molecule has 140 valence electrons. The van der Waals surface area contributed by atoms with Gasteiger partial charge in [0, 0.05) is 12.1 Å². The van der Waals surface area contributed by atoms with Crippen LogP contribution in [0.3, 0.4) is 0 Å². The van der Waals surface area contributed by atoms with Crippen LogP contribution in [0.5, 0.6) is 5.75 Å². The molecule has 2 fully saturated rings. The maximum absolute atomic E-state index is 13.0. The van der Waals surface area contributed by atoms with E-state index >= 15 is 0 Å². The number of nitrogens with one attached hydrogen (secondary N) is 1. The third-order valence-corrected chi connectivity index (χ3v) is 7.44. The van der Waals surface area contributed by atoms with E-state index in [0.717, 1.165) is 31.4 Å². The molecule has 6 nitrogen and oxygen atoms in total. The zero-order valence-electron chi connectivity index (χ0n) is 15.2. The quantitative estimate of drug-likeness (QED) is 0.870. The van der Waals surface area contributed by atoms with Gasteiger partial charge in [0.05, 0.1) is 11.4 Å². The number of H-pyrrole nitrogens is 1. The predicted octanol–water partition coefficient (Wildman–Crippen LogP) is 2.83. The third kappa shape index (κ3) is 3.25. The van der Waals surface area contributed by atoms with Gasteiger partial charge in [0.15, 0.2) is 9.84 Å². The summed E-state index contributed by atoms with van der Waals surface area (Å²) in [5.74, 6) is 0.962. The highest BCUT2D eigenvalue weighted by molar-refractivity contribution is 7.91. The molecule has 3 atom stereocenters. The second-order valence-electron chi connectivity index (χ2n) is 7.43. The van der Waals surface area contributed by atoms with Gasteiger partial charge in [-0.25, -0.2) is 8.42 Å². The molecular weight excluding hydrogens is 350 g/mol. The number of aryl methyl sites for hydroxylation is 2. The lowest BCUT2D eigenvalue weighted by Gasteiger charge is -2.38. The molecule has 1 aromatic heterocycles. The molecule has 1 aromatic carbocycles. The number of fused-ring (bicyclic) bond motifs is 2. The number of sulfone groups is 1. The Hall–Kier alpha value is -1.86. The van der Waals surface area contributed by atoms with E-state index in [1.807, 2.05) is 30.3 Å². The summed E-state index contributed by atoms with van der Waals surface area (Å²) in [5.41, 5.74) is 1.18. The smallest absolute Gasteiger partial charge is 0.195 e. The van der Waals surface area contributed by atoms with Crippen molar-refractivity contribution in [2.75, 3.05) is 5.88 Å². The van der Waals surface area contributed by atoms with Gasteiger partial charge in [-0.15, -0.1) is 0 Å². The van der Waals surface area contributed by atoms with Crippen molar-refractivity contribution in [3.8, 4) is 5.75 Å². The van der Waals surface area contributed by atoms with E-state index in [0.29, 0.717) is 16.3 Å². The number of ether oxygens (including phenoxy) is 1. The highest BCUT2D eigenvalue weighted by atomic mass is 32.2. The van der Waals surface area contributed by atoms with Gasteiger partial charge in [0.1, 0.15) is 22.6 Å². The zero-order chi connectivity index (χ0) is 18.3. The molecule has 1 N–H and O–H groups in total. The molecule has 2 bridgehead atoms. The first-order valence-corrected chi connectivity index (χ1v) is 10.8.